The summed E-state index contributed by atoms with van der Waals surface area (Å²) >= 11 is 0. The van der Waals surface area contributed by atoms with E-state index < -0.39 is 0 Å². The fraction of sp³-hybridized carbons (Fsp3) is 0.556. The van der Waals surface area contributed by atoms with Crippen molar-refractivity contribution >= 4 is 0 Å². The number of aliphatic hydroxyl groups excluding tert-OH is 1. The summed E-state index contributed by atoms with van der Waals surface area (Å²) in [6, 6.07) is 1.84. The summed E-state index contributed by atoms with van der Waals surface area (Å²) in [7, 11) is 0. The second kappa shape index (κ2) is 4.89. The third kappa shape index (κ3) is 2.75. The molecule has 13 heavy (non-hydrogen) atoms. The second-order valence-corrected chi connectivity index (χ2v) is 3.11. The maximum atomic E-state index is 8.85. The Balaban J connectivity index is 2.76. The lowest BCUT2D eigenvalue weighted by molar-refractivity contribution is 0.267. The van der Waals surface area contributed by atoms with E-state index in [0.29, 0.717) is 6.42 Å². The topological polar surface area (TPSA) is 72.0 Å². The van der Waals surface area contributed by atoms with Crippen LogP contribution in [0.4, 0.5) is 0 Å². The number of rotatable bonds is 4. The molecule has 72 valence electrons. The summed E-state index contributed by atoms with van der Waals surface area (Å²) in [5, 5.41) is 8.85. The first-order chi connectivity index (χ1) is 6.25. The van der Waals surface area contributed by atoms with E-state index in [4.69, 9.17) is 10.8 Å². The first-order valence-electron chi connectivity index (χ1n) is 4.38. The highest BCUT2D eigenvalue weighted by molar-refractivity contribution is 5.08. The van der Waals surface area contributed by atoms with Crippen LogP contribution in [0.15, 0.2) is 18.6 Å². The van der Waals surface area contributed by atoms with Crippen LogP contribution in [0.3, 0.4) is 0 Å². The second-order valence-electron chi connectivity index (χ2n) is 3.11. The van der Waals surface area contributed by atoms with Crippen LogP contribution in [-0.2, 0) is 0 Å². The molecule has 0 saturated carbocycles. The van der Waals surface area contributed by atoms with E-state index in [1.54, 1.807) is 6.20 Å². The smallest absolute Gasteiger partial charge is 0.115 e. The Kier molecular flexibility index (Phi) is 3.79. The van der Waals surface area contributed by atoms with Gasteiger partial charge in [-0.2, -0.15) is 0 Å². The zero-order chi connectivity index (χ0) is 9.68. The molecule has 3 N–H and O–H groups in total. The number of nitrogens with two attached hydrogens (primary N) is 1. The lowest BCUT2D eigenvalue weighted by atomic mass is 9.95. The summed E-state index contributed by atoms with van der Waals surface area (Å²) in [4.78, 5) is 7.95. The zero-order valence-corrected chi connectivity index (χ0v) is 7.72. The average Bonchev–Trinajstić information content (AvgIpc) is 2.15. The van der Waals surface area contributed by atoms with Crippen LogP contribution in [0.2, 0.25) is 0 Å². The van der Waals surface area contributed by atoms with Crippen LogP contribution in [-0.4, -0.2) is 27.7 Å². The predicted molar refractivity (Wildman–Crippen MR) is 50.1 cm³/mol. The molecular weight excluding hydrogens is 166 g/mol. The summed E-state index contributed by atoms with van der Waals surface area (Å²) in [6.45, 7) is 2.05. The van der Waals surface area contributed by atoms with Crippen LogP contribution in [0, 0.1) is 0 Å². The van der Waals surface area contributed by atoms with Gasteiger partial charge in [-0.15, -0.1) is 0 Å². The molecule has 1 heterocycles. The van der Waals surface area contributed by atoms with Crippen molar-refractivity contribution < 1.29 is 5.11 Å². The molecule has 1 aromatic rings. The molecule has 2 atom stereocenters. The highest BCUT2D eigenvalue weighted by Crippen LogP contribution is 2.18. The van der Waals surface area contributed by atoms with Crippen molar-refractivity contribution in [3.8, 4) is 0 Å². The normalized spacial score (nSPS) is 15.3. The summed E-state index contributed by atoms with van der Waals surface area (Å²) in [5.41, 5.74) is 6.69. The van der Waals surface area contributed by atoms with Crippen molar-refractivity contribution in [1.29, 1.82) is 0 Å². The first kappa shape index (κ1) is 10.1. The molecular formula is C9H15N3O. The van der Waals surface area contributed by atoms with Crippen molar-refractivity contribution in [1.82, 2.24) is 9.97 Å². The van der Waals surface area contributed by atoms with E-state index in [-0.39, 0.29) is 18.6 Å². The van der Waals surface area contributed by atoms with Gasteiger partial charge in [0.25, 0.3) is 0 Å². The van der Waals surface area contributed by atoms with E-state index in [1.165, 1.54) is 6.33 Å². The maximum Gasteiger partial charge on any atom is 0.115 e. The van der Waals surface area contributed by atoms with E-state index in [2.05, 4.69) is 9.97 Å². The van der Waals surface area contributed by atoms with Gasteiger partial charge in [-0.05, 0) is 19.4 Å². The quantitative estimate of drug-likeness (QED) is 0.700. The summed E-state index contributed by atoms with van der Waals surface area (Å²) in [6.07, 6.45) is 3.84. The van der Waals surface area contributed by atoms with Gasteiger partial charge in [0.15, 0.2) is 0 Å². The number of aliphatic hydroxyl groups is 1. The Labute approximate surface area is 77.8 Å². The molecule has 0 bridgehead atoms. The monoisotopic (exact) mass is 181 g/mol. The molecule has 0 aromatic carbocycles. The Morgan fingerprint density at radius 1 is 1.62 bits per heavy atom. The molecule has 4 heteroatoms. The molecule has 0 saturated heterocycles. The van der Waals surface area contributed by atoms with E-state index in [1.807, 2.05) is 13.0 Å². The van der Waals surface area contributed by atoms with Crippen molar-refractivity contribution in [3.63, 3.8) is 0 Å². The number of nitrogens with zero attached hydrogens (tertiary/aromatic N) is 2. The molecule has 1 rings (SSSR count). The number of hydrogen-bond acceptors (Lipinski definition) is 4. The minimum Gasteiger partial charge on any atom is -0.396 e. The predicted octanol–water partition coefficient (Wildman–Crippen LogP) is 0.290. The third-order valence-corrected chi connectivity index (χ3v) is 2.06. The molecule has 0 aliphatic heterocycles. The fourth-order valence-electron chi connectivity index (χ4n) is 1.34. The number of hydrogen-bond donors (Lipinski definition) is 2. The summed E-state index contributed by atoms with van der Waals surface area (Å²) < 4.78 is 0. The van der Waals surface area contributed by atoms with Gasteiger partial charge in [0, 0.05) is 30.5 Å². The van der Waals surface area contributed by atoms with Crippen LogP contribution in [0.5, 0.6) is 0 Å². The molecule has 0 fully saturated rings. The molecule has 2 unspecified atom stereocenters. The summed E-state index contributed by atoms with van der Waals surface area (Å²) in [5.74, 6) is 0.119. The zero-order valence-electron chi connectivity index (χ0n) is 7.72. The first-order valence-corrected chi connectivity index (χ1v) is 4.38. The molecule has 0 aliphatic carbocycles. The van der Waals surface area contributed by atoms with Gasteiger partial charge in [0.05, 0.1) is 0 Å². The largest absolute Gasteiger partial charge is 0.396 e. The number of aromatic nitrogens is 2. The molecule has 0 spiro atoms. The van der Waals surface area contributed by atoms with Gasteiger partial charge in [0.1, 0.15) is 6.33 Å². The highest BCUT2D eigenvalue weighted by atomic mass is 16.3. The van der Waals surface area contributed by atoms with Crippen molar-refractivity contribution in [2.45, 2.75) is 25.3 Å². The Morgan fingerprint density at radius 3 is 2.85 bits per heavy atom. The Bertz CT molecular complexity index is 238. The highest BCUT2D eigenvalue weighted by Gasteiger charge is 2.16. The van der Waals surface area contributed by atoms with Gasteiger partial charge < -0.3 is 10.8 Å². The molecule has 1 aromatic heterocycles. The van der Waals surface area contributed by atoms with Crippen molar-refractivity contribution in [2.75, 3.05) is 6.61 Å². The standard InChI is InChI=1S/C9H15N3O/c1-7(10)8(3-5-13)9-2-4-11-6-12-9/h2,4,6-8,13H,3,5,10H2,1H3. The Hall–Kier alpha value is -1.00. The maximum absolute atomic E-state index is 8.85. The van der Waals surface area contributed by atoms with E-state index in [9.17, 15) is 0 Å². The van der Waals surface area contributed by atoms with Crippen LogP contribution >= 0.6 is 0 Å². The van der Waals surface area contributed by atoms with E-state index >= 15 is 0 Å². The lowest BCUT2D eigenvalue weighted by Crippen LogP contribution is -2.26. The van der Waals surface area contributed by atoms with Gasteiger partial charge in [-0.1, -0.05) is 0 Å². The fourth-order valence-corrected chi connectivity index (χ4v) is 1.34. The average molecular weight is 181 g/mol. The van der Waals surface area contributed by atoms with Crippen LogP contribution in [0.1, 0.15) is 25.0 Å². The van der Waals surface area contributed by atoms with Gasteiger partial charge in [0.2, 0.25) is 0 Å². The van der Waals surface area contributed by atoms with E-state index in [0.717, 1.165) is 5.69 Å². The third-order valence-electron chi connectivity index (χ3n) is 2.06. The molecule has 0 amide bonds. The lowest BCUT2D eigenvalue weighted by Gasteiger charge is -2.18. The van der Waals surface area contributed by atoms with Crippen molar-refractivity contribution in [3.05, 3.63) is 24.3 Å². The van der Waals surface area contributed by atoms with Gasteiger partial charge in [-0.3, -0.25) is 0 Å². The SMILES string of the molecule is CC(N)C(CCO)c1ccncn1. The van der Waals surface area contributed by atoms with Crippen molar-refractivity contribution in [2.24, 2.45) is 5.73 Å². The minimum absolute atomic E-state index is 0.00190. The van der Waals surface area contributed by atoms with Gasteiger partial charge >= 0.3 is 0 Å². The molecule has 0 aliphatic rings. The van der Waals surface area contributed by atoms with Crippen LogP contribution in [0.25, 0.3) is 0 Å². The van der Waals surface area contributed by atoms with Crippen LogP contribution < -0.4 is 5.73 Å². The van der Waals surface area contributed by atoms with Gasteiger partial charge in [-0.25, -0.2) is 9.97 Å². The minimum atomic E-state index is 0.00190. The Morgan fingerprint density at radius 2 is 2.38 bits per heavy atom. The molecule has 4 nitrogen and oxygen atoms in total. The molecule has 0 radical (unpaired) electrons.